The summed E-state index contributed by atoms with van der Waals surface area (Å²) in [5.41, 5.74) is 0. The number of hydrogen-bond donors (Lipinski definition) is 0. The molecule has 1 atom stereocenters. The number of carbonyl (C=O) groups is 1. The molecular formula is C17H25NO4S. The van der Waals surface area contributed by atoms with Crippen LogP contribution in [0, 0.1) is 5.92 Å². The fraction of sp³-hybridized carbons (Fsp3) is 0.706. The molecule has 128 valence electrons. The molecule has 2 aliphatic rings. The van der Waals surface area contributed by atoms with Gasteiger partial charge in [-0.15, -0.1) is 0 Å². The van der Waals surface area contributed by atoms with Gasteiger partial charge in [-0.25, -0.2) is 8.42 Å². The molecule has 3 rings (SSSR count). The van der Waals surface area contributed by atoms with E-state index < -0.39 is 9.84 Å². The molecule has 1 aliphatic carbocycles. The Balaban J connectivity index is 1.71. The molecule has 0 aromatic carbocycles. The molecule has 1 saturated heterocycles. The number of hydrogen-bond acceptors (Lipinski definition) is 4. The average Bonchev–Trinajstić information content (AvgIpc) is 3.15. The van der Waals surface area contributed by atoms with Gasteiger partial charge in [0.05, 0.1) is 0 Å². The van der Waals surface area contributed by atoms with Crippen molar-refractivity contribution in [2.75, 3.05) is 12.8 Å². The lowest BCUT2D eigenvalue weighted by Crippen LogP contribution is -2.40. The highest BCUT2D eigenvalue weighted by Gasteiger charge is 2.36. The molecule has 0 unspecified atom stereocenters. The monoisotopic (exact) mass is 339 g/mol. The van der Waals surface area contributed by atoms with Gasteiger partial charge in [0.1, 0.15) is 11.5 Å². The molecule has 1 aromatic heterocycles. The first-order valence-corrected chi connectivity index (χ1v) is 10.6. The average molecular weight is 339 g/mol. The molecule has 2 fully saturated rings. The van der Waals surface area contributed by atoms with Crippen LogP contribution in [-0.4, -0.2) is 38.1 Å². The fourth-order valence-corrected chi connectivity index (χ4v) is 4.70. The summed E-state index contributed by atoms with van der Waals surface area (Å²) < 4.78 is 28.2. The molecule has 1 saturated carbocycles. The molecule has 0 spiro atoms. The van der Waals surface area contributed by atoms with Crippen molar-refractivity contribution in [1.29, 1.82) is 0 Å². The van der Waals surface area contributed by atoms with E-state index in [0.717, 1.165) is 25.6 Å². The van der Waals surface area contributed by atoms with Crippen LogP contribution in [0.5, 0.6) is 0 Å². The predicted octanol–water partition coefficient (Wildman–Crippen LogP) is 3.01. The molecule has 1 amide bonds. The largest absolute Gasteiger partial charge is 0.455 e. The van der Waals surface area contributed by atoms with Gasteiger partial charge in [0, 0.05) is 18.8 Å². The third-order valence-electron chi connectivity index (χ3n) is 5.03. The van der Waals surface area contributed by atoms with Crippen molar-refractivity contribution in [3.8, 4) is 0 Å². The minimum atomic E-state index is -3.16. The standard InChI is InChI=1S/C17H25NO4S/c1-23(20,21)12-14-9-10-16(22-14)17(19)18-11-5-8-15(18)13-6-3-2-4-7-13/h9-10,13,15H,2-8,11-12H2,1H3/t15-/m1/s1. The van der Waals surface area contributed by atoms with Crippen molar-refractivity contribution in [2.45, 2.75) is 56.7 Å². The Morgan fingerprint density at radius 3 is 2.61 bits per heavy atom. The first kappa shape index (κ1) is 16.6. The molecule has 2 heterocycles. The molecule has 0 bridgehead atoms. The van der Waals surface area contributed by atoms with E-state index >= 15 is 0 Å². The first-order chi connectivity index (χ1) is 10.9. The molecule has 5 nitrogen and oxygen atoms in total. The van der Waals surface area contributed by atoms with Crippen LogP contribution >= 0.6 is 0 Å². The quantitative estimate of drug-likeness (QED) is 0.845. The lowest BCUT2D eigenvalue weighted by Gasteiger charge is -2.33. The van der Waals surface area contributed by atoms with Gasteiger partial charge in [-0.3, -0.25) is 4.79 Å². The summed E-state index contributed by atoms with van der Waals surface area (Å²) in [7, 11) is -3.16. The number of carbonyl (C=O) groups excluding carboxylic acids is 1. The van der Waals surface area contributed by atoms with E-state index in [0.29, 0.717) is 17.7 Å². The second kappa shape index (κ2) is 6.67. The van der Waals surface area contributed by atoms with Gasteiger partial charge in [0.2, 0.25) is 0 Å². The van der Waals surface area contributed by atoms with E-state index in [-0.39, 0.29) is 17.4 Å². The minimum absolute atomic E-state index is 0.0853. The van der Waals surface area contributed by atoms with Crippen LogP contribution in [0.3, 0.4) is 0 Å². The van der Waals surface area contributed by atoms with E-state index in [4.69, 9.17) is 4.42 Å². The Morgan fingerprint density at radius 2 is 1.91 bits per heavy atom. The maximum Gasteiger partial charge on any atom is 0.289 e. The summed E-state index contributed by atoms with van der Waals surface area (Å²) in [4.78, 5) is 14.7. The molecule has 6 heteroatoms. The van der Waals surface area contributed by atoms with Crippen LogP contribution in [0.4, 0.5) is 0 Å². The number of likely N-dealkylation sites (tertiary alicyclic amines) is 1. The topological polar surface area (TPSA) is 67.6 Å². The maximum absolute atomic E-state index is 12.8. The first-order valence-electron chi connectivity index (χ1n) is 8.51. The highest BCUT2D eigenvalue weighted by Crippen LogP contribution is 2.35. The summed E-state index contributed by atoms with van der Waals surface area (Å²) in [5, 5.41) is 0. The molecule has 1 aliphatic heterocycles. The van der Waals surface area contributed by atoms with E-state index in [9.17, 15) is 13.2 Å². The lowest BCUT2D eigenvalue weighted by molar-refractivity contribution is 0.0628. The summed E-state index contributed by atoms with van der Waals surface area (Å²) in [5.74, 6) is 0.973. The van der Waals surface area contributed by atoms with Crippen molar-refractivity contribution in [1.82, 2.24) is 4.90 Å². The van der Waals surface area contributed by atoms with Crippen LogP contribution < -0.4 is 0 Å². The number of furan rings is 1. The molecule has 1 aromatic rings. The zero-order chi connectivity index (χ0) is 16.4. The highest BCUT2D eigenvalue weighted by molar-refractivity contribution is 7.89. The molecule has 0 radical (unpaired) electrons. The molecule has 23 heavy (non-hydrogen) atoms. The van der Waals surface area contributed by atoms with E-state index in [1.807, 2.05) is 4.90 Å². The molecular weight excluding hydrogens is 314 g/mol. The maximum atomic E-state index is 12.8. The van der Waals surface area contributed by atoms with E-state index in [2.05, 4.69) is 0 Å². The van der Waals surface area contributed by atoms with Gasteiger partial charge in [0.25, 0.3) is 5.91 Å². The fourth-order valence-electron chi connectivity index (χ4n) is 4.02. The highest BCUT2D eigenvalue weighted by atomic mass is 32.2. The van der Waals surface area contributed by atoms with Crippen LogP contribution in [-0.2, 0) is 15.6 Å². The predicted molar refractivity (Wildman–Crippen MR) is 87.9 cm³/mol. The van der Waals surface area contributed by atoms with Crippen molar-refractivity contribution in [2.24, 2.45) is 5.92 Å². The van der Waals surface area contributed by atoms with Crippen LogP contribution in [0.25, 0.3) is 0 Å². The second-order valence-electron chi connectivity index (χ2n) is 6.94. The number of rotatable bonds is 4. The zero-order valence-corrected chi connectivity index (χ0v) is 14.5. The Morgan fingerprint density at radius 1 is 1.17 bits per heavy atom. The van der Waals surface area contributed by atoms with Crippen LogP contribution in [0.15, 0.2) is 16.5 Å². The van der Waals surface area contributed by atoms with Gasteiger partial charge in [-0.2, -0.15) is 0 Å². The molecule has 0 N–H and O–H groups in total. The van der Waals surface area contributed by atoms with Crippen LogP contribution in [0.2, 0.25) is 0 Å². The number of nitrogens with zero attached hydrogens (tertiary/aromatic N) is 1. The van der Waals surface area contributed by atoms with Gasteiger partial charge >= 0.3 is 0 Å². The smallest absolute Gasteiger partial charge is 0.289 e. The Hall–Kier alpha value is -1.30. The number of sulfone groups is 1. The van der Waals surface area contributed by atoms with Crippen molar-refractivity contribution >= 4 is 15.7 Å². The zero-order valence-electron chi connectivity index (χ0n) is 13.7. The van der Waals surface area contributed by atoms with Gasteiger partial charge < -0.3 is 9.32 Å². The van der Waals surface area contributed by atoms with Gasteiger partial charge in [-0.05, 0) is 43.7 Å². The SMILES string of the molecule is CS(=O)(=O)Cc1ccc(C(=O)N2CCC[C@@H]2C2CCCCC2)o1. The Bertz CT molecular complexity index is 658. The summed E-state index contributed by atoms with van der Waals surface area (Å²) in [6.07, 6.45) is 9.56. The Labute approximate surface area is 138 Å². The third kappa shape index (κ3) is 3.97. The van der Waals surface area contributed by atoms with Crippen molar-refractivity contribution < 1.29 is 17.6 Å². The third-order valence-corrected chi connectivity index (χ3v) is 5.84. The summed E-state index contributed by atoms with van der Waals surface area (Å²) in [6.45, 7) is 0.780. The summed E-state index contributed by atoms with van der Waals surface area (Å²) >= 11 is 0. The van der Waals surface area contributed by atoms with Crippen LogP contribution in [0.1, 0.15) is 61.3 Å². The van der Waals surface area contributed by atoms with Crippen molar-refractivity contribution in [3.05, 3.63) is 23.7 Å². The van der Waals surface area contributed by atoms with Crippen molar-refractivity contribution in [3.63, 3.8) is 0 Å². The Kier molecular flexibility index (Phi) is 4.80. The van der Waals surface area contributed by atoms with Gasteiger partial charge in [0.15, 0.2) is 15.6 Å². The number of amides is 1. The van der Waals surface area contributed by atoms with E-state index in [1.54, 1.807) is 12.1 Å². The second-order valence-corrected chi connectivity index (χ2v) is 9.08. The van der Waals surface area contributed by atoms with E-state index in [1.165, 1.54) is 32.1 Å². The summed E-state index contributed by atoms with van der Waals surface area (Å²) in [6, 6.07) is 3.53. The lowest BCUT2D eigenvalue weighted by atomic mass is 9.83. The minimum Gasteiger partial charge on any atom is -0.455 e. The normalized spacial score (nSPS) is 23.3. The van der Waals surface area contributed by atoms with Gasteiger partial charge in [-0.1, -0.05) is 19.3 Å².